The van der Waals surface area contributed by atoms with Gasteiger partial charge < -0.3 is 5.73 Å². The summed E-state index contributed by atoms with van der Waals surface area (Å²) < 4.78 is 1.93. The molecule has 5 nitrogen and oxygen atoms in total. The summed E-state index contributed by atoms with van der Waals surface area (Å²) >= 11 is 0. The molecule has 3 N–H and O–H groups in total. The number of nitrogens with two attached hydrogens (primary N) is 1. The molecule has 0 bridgehead atoms. The van der Waals surface area contributed by atoms with E-state index in [0.29, 0.717) is 12.6 Å². The lowest BCUT2D eigenvalue weighted by Crippen LogP contribution is -2.36. The second-order valence-corrected chi connectivity index (χ2v) is 6.69. The van der Waals surface area contributed by atoms with Gasteiger partial charge in [0.05, 0.1) is 0 Å². The summed E-state index contributed by atoms with van der Waals surface area (Å²) in [6.45, 7) is 0.707. The molecule has 2 aliphatic carbocycles. The first-order chi connectivity index (χ1) is 9.74. The molecule has 0 atom stereocenters. The maximum Gasteiger partial charge on any atom is 0.343 e. The van der Waals surface area contributed by atoms with Crippen LogP contribution in [-0.2, 0) is 6.42 Å². The zero-order valence-electron chi connectivity index (χ0n) is 12.2. The zero-order valence-corrected chi connectivity index (χ0v) is 12.2. The lowest BCUT2D eigenvalue weighted by Gasteiger charge is -2.36. The van der Waals surface area contributed by atoms with Gasteiger partial charge in [-0.25, -0.2) is 9.89 Å². The topological polar surface area (TPSA) is 76.7 Å². The van der Waals surface area contributed by atoms with Crippen molar-refractivity contribution in [1.82, 2.24) is 14.8 Å². The summed E-state index contributed by atoms with van der Waals surface area (Å²) in [6, 6.07) is 0.356. The number of H-pyrrole nitrogens is 1. The van der Waals surface area contributed by atoms with Crippen LogP contribution < -0.4 is 11.4 Å². The SMILES string of the molecule is NCC1(Cc2n[nH]c(=O)n2C2CCCC2)CCCCC1. The van der Waals surface area contributed by atoms with E-state index in [4.69, 9.17) is 5.73 Å². The Balaban J connectivity index is 1.84. The molecule has 0 amide bonds. The van der Waals surface area contributed by atoms with Gasteiger partial charge in [-0.3, -0.25) is 4.57 Å². The fourth-order valence-electron chi connectivity index (χ4n) is 4.09. The zero-order chi connectivity index (χ0) is 14.0. The summed E-state index contributed by atoms with van der Waals surface area (Å²) in [5, 5.41) is 6.98. The van der Waals surface area contributed by atoms with Gasteiger partial charge in [-0.1, -0.05) is 32.1 Å². The molecule has 0 radical (unpaired) electrons. The van der Waals surface area contributed by atoms with E-state index in [1.165, 1.54) is 44.9 Å². The van der Waals surface area contributed by atoms with Crippen molar-refractivity contribution in [3.63, 3.8) is 0 Å². The van der Waals surface area contributed by atoms with Crippen LogP contribution in [0.1, 0.15) is 69.7 Å². The van der Waals surface area contributed by atoms with Crippen molar-refractivity contribution >= 4 is 0 Å². The Morgan fingerprint density at radius 1 is 1.20 bits per heavy atom. The predicted molar refractivity (Wildman–Crippen MR) is 78.6 cm³/mol. The molecule has 0 aliphatic heterocycles. The third kappa shape index (κ3) is 2.55. The fraction of sp³-hybridized carbons (Fsp3) is 0.867. The van der Waals surface area contributed by atoms with Gasteiger partial charge in [0, 0.05) is 12.5 Å². The fourth-order valence-corrected chi connectivity index (χ4v) is 4.09. The predicted octanol–water partition coefficient (Wildman–Crippen LogP) is 2.14. The van der Waals surface area contributed by atoms with E-state index in [1.807, 2.05) is 4.57 Å². The molecule has 0 saturated heterocycles. The average molecular weight is 278 g/mol. The van der Waals surface area contributed by atoms with Crippen LogP contribution in [0.2, 0.25) is 0 Å². The first kappa shape index (κ1) is 13.9. The molecule has 0 spiro atoms. The van der Waals surface area contributed by atoms with Gasteiger partial charge in [0.1, 0.15) is 5.82 Å². The van der Waals surface area contributed by atoms with Crippen LogP contribution in [0.15, 0.2) is 4.79 Å². The van der Waals surface area contributed by atoms with Crippen LogP contribution in [-0.4, -0.2) is 21.3 Å². The lowest BCUT2D eigenvalue weighted by atomic mass is 9.71. The summed E-state index contributed by atoms with van der Waals surface area (Å²) in [7, 11) is 0. The van der Waals surface area contributed by atoms with Crippen molar-refractivity contribution in [2.24, 2.45) is 11.1 Å². The highest BCUT2D eigenvalue weighted by atomic mass is 16.1. The maximum absolute atomic E-state index is 12.1. The molecule has 2 fully saturated rings. The van der Waals surface area contributed by atoms with E-state index in [1.54, 1.807) is 0 Å². The third-order valence-corrected chi connectivity index (χ3v) is 5.35. The van der Waals surface area contributed by atoms with Crippen molar-refractivity contribution < 1.29 is 0 Å². The number of aromatic nitrogens is 3. The molecule has 2 saturated carbocycles. The van der Waals surface area contributed by atoms with Gasteiger partial charge in [-0.2, -0.15) is 5.10 Å². The van der Waals surface area contributed by atoms with E-state index in [0.717, 1.165) is 25.1 Å². The van der Waals surface area contributed by atoms with E-state index in [-0.39, 0.29) is 11.1 Å². The second-order valence-electron chi connectivity index (χ2n) is 6.69. The summed E-state index contributed by atoms with van der Waals surface area (Å²) in [6.07, 6.45) is 11.7. The number of nitrogens with zero attached hydrogens (tertiary/aromatic N) is 2. The van der Waals surface area contributed by atoms with Crippen molar-refractivity contribution in [1.29, 1.82) is 0 Å². The monoisotopic (exact) mass is 278 g/mol. The number of aromatic amines is 1. The van der Waals surface area contributed by atoms with Gasteiger partial charge in [0.2, 0.25) is 0 Å². The molecule has 2 aliphatic rings. The van der Waals surface area contributed by atoms with E-state index >= 15 is 0 Å². The Hall–Kier alpha value is -1.10. The minimum Gasteiger partial charge on any atom is -0.330 e. The number of rotatable bonds is 4. The van der Waals surface area contributed by atoms with Crippen LogP contribution in [0.25, 0.3) is 0 Å². The minimum atomic E-state index is -0.0325. The molecule has 1 aromatic heterocycles. The van der Waals surface area contributed by atoms with Crippen molar-refractivity contribution in [2.45, 2.75) is 70.3 Å². The van der Waals surface area contributed by atoms with Gasteiger partial charge in [0.15, 0.2) is 0 Å². The number of hydrogen-bond donors (Lipinski definition) is 2. The van der Waals surface area contributed by atoms with Gasteiger partial charge >= 0.3 is 5.69 Å². The normalized spacial score (nSPS) is 23.2. The lowest BCUT2D eigenvalue weighted by molar-refractivity contribution is 0.190. The molecule has 20 heavy (non-hydrogen) atoms. The van der Waals surface area contributed by atoms with E-state index in [2.05, 4.69) is 10.2 Å². The van der Waals surface area contributed by atoms with Crippen molar-refractivity contribution in [2.75, 3.05) is 6.54 Å². The summed E-state index contributed by atoms with van der Waals surface area (Å²) in [5.41, 5.74) is 6.21. The van der Waals surface area contributed by atoms with Crippen LogP contribution in [0, 0.1) is 5.41 Å². The Morgan fingerprint density at radius 3 is 2.55 bits per heavy atom. The average Bonchev–Trinajstić information content (AvgIpc) is 3.10. The van der Waals surface area contributed by atoms with Crippen LogP contribution in [0.5, 0.6) is 0 Å². The van der Waals surface area contributed by atoms with Crippen LogP contribution >= 0.6 is 0 Å². The highest BCUT2D eigenvalue weighted by Crippen LogP contribution is 2.38. The summed E-state index contributed by atoms with van der Waals surface area (Å²) in [5.74, 6) is 0.939. The number of nitrogens with one attached hydrogen (secondary N) is 1. The van der Waals surface area contributed by atoms with Crippen molar-refractivity contribution in [3.05, 3.63) is 16.3 Å². The Kier molecular flexibility index (Phi) is 3.96. The molecule has 0 aromatic carbocycles. The molecular weight excluding hydrogens is 252 g/mol. The quantitative estimate of drug-likeness (QED) is 0.886. The van der Waals surface area contributed by atoms with Gasteiger partial charge in [0.25, 0.3) is 0 Å². The molecule has 0 unspecified atom stereocenters. The molecule has 1 aromatic rings. The maximum atomic E-state index is 12.1. The van der Waals surface area contributed by atoms with Crippen LogP contribution in [0.3, 0.4) is 0 Å². The van der Waals surface area contributed by atoms with Crippen molar-refractivity contribution in [3.8, 4) is 0 Å². The second kappa shape index (κ2) is 5.72. The van der Waals surface area contributed by atoms with E-state index < -0.39 is 0 Å². The highest BCUT2D eigenvalue weighted by Gasteiger charge is 2.34. The molecule has 1 heterocycles. The van der Waals surface area contributed by atoms with Crippen LogP contribution in [0.4, 0.5) is 0 Å². The minimum absolute atomic E-state index is 0.0325. The standard InChI is InChI=1S/C15H26N4O/c16-11-15(8-4-1-5-9-15)10-13-17-18-14(20)19(13)12-6-2-3-7-12/h12H,1-11,16H2,(H,18,20). The van der Waals surface area contributed by atoms with Gasteiger partial charge in [-0.15, -0.1) is 0 Å². The molecular formula is C15H26N4O. The Morgan fingerprint density at radius 2 is 1.90 bits per heavy atom. The Bertz CT molecular complexity index is 492. The summed E-state index contributed by atoms with van der Waals surface area (Å²) in [4.78, 5) is 12.1. The Labute approximate surface area is 119 Å². The van der Waals surface area contributed by atoms with Gasteiger partial charge in [-0.05, 0) is 37.6 Å². The smallest absolute Gasteiger partial charge is 0.330 e. The molecule has 3 rings (SSSR count). The largest absolute Gasteiger partial charge is 0.343 e. The number of hydrogen-bond acceptors (Lipinski definition) is 3. The first-order valence-electron chi connectivity index (χ1n) is 8.10. The first-order valence-corrected chi connectivity index (χ1v) is 8.10. The molecule has 112 valence electrons. The highest BCUT2D eigenvalue weighted by molar-refractivity contribution is 4.99. The molecule has 5 heteroatoms. The van der Waals surface area contributed by atoms with E-state index in [9.17, 15) is 4.79 Å². The third-order valence-electron chi connectivity index (χ3n) is 5.35.